The molecule has 5 heteroatoms. The lowest BCUT2D eigenvalue weighted by molar-refractivity contribution is -0.125. The summed E-state index contributed by atoms with van der Waals surface area (Å²) in [7, 11) is 0. The fourth-order valence-electron chi connectivity index (χ4n) is 2.21. The number of carbonyl (C=O) groups is 2. The van der Waals surface area contributed by atoms with E-state index in [0.717, 1.165) is 31.4 Å². The second kappa shape index (κ2) is 7.05. The molecule has 20 heavy (non-hydrogen) atoms. The van der Waals surface area contributed by atoms with E-state index in [-0.39, 0.29) is 17.6 Å². The van der Waals surface area contributed by atoms with Crippen molar-refractivity contribution in [2.75, 3.05) is 6.61 Å². The van der Waals surface area contributed by atoms with Crippen LogP contribution in [-0.2, 0) is 16.1 Å². The maximum Gasteiger partial charge on any atom is 0.335 e. The first kappa shape index (κ1) is 14.5. The van der Waals surface area contributed by atoms with E-state index in [1.54, 1.807) is 12.1 Å². The van der Waals surface area contributed by atoms with Crippen molar-refractivity contribution in [1.82, 2.24) is 5.32 Å². The van der Waals surface area contributed by atoms with Gasteiger partial charge in [-0.15, -0.1) is 0 Å². The molecule has 1 atom stereocenters. The number of carboxylic acid groups (broad SMARTS) is 1. The summed E-state index contributed by atoms with van der Waals surface area (Å²) in [6.45, 7) is 1.15. The topological polar surface area (TPSA) is 75.6 Å². The lowest BCUT2D eigenvalue weighted by Gasteiger charge is -2.21. The Morgan fingerprint density at radius 3 is 2.60 bits per heavy atom. The predicted molar refractivity (Wildman–Crippen MR) is 73.5 cm³/mol. The Labute approximate surface area is 117 Å². The Bertz CT molecular complexity index is 463. The normalized spacial score (nSPS) is 18.5. The highest BCUT2D eigenvalue weighted by Crippen LogP contribution is 2.15. The van der Waals surface area contributed by atoms with E-state index in [9.17, 15) is 9.59 Å². The van der Waals surface area contributed by atoms with Crippen LogP contribution in [0.4, 0.5) is 0 Å². The summed E-state index contributed by atoms with van der Waals surface area (Å²) in [5.74, 6) is -0.978. The van der Waals surface area contributed by atoms with Gasteiger partial charge in [0.05, 0.1) is 18.1 Å². The third kappa shape index (κ3) is 4.35. The molecule has 0 aromatic heterocycles. The van der Waals surface area contributed by atoms with Gasteiger partial charge in [-0.25, -0.2) is 4.79 Å². The fourth-order valence-corrected chi connectivity index (χ4v) is 2.21. The van der Waals surface area contributed by atoms with Crippen molar-refractivity contribution >= 4 is 11.9 Å². The zero-order valence-corrected chi connectivity index (χ0v) is 11.3. The number of carbonyl (C=O) groups excluding carboxylic acids is 1. The third-order valence-corrected chi connectivity index (χ3v) is 3.38. The van der Waals surface area contributed by atoms with Crippen LogP contribution in [0.5, 0.6) is 0 Å². The summed E-state index contributed by atoms with van der Waals surface area (Å²) in [4.78, 5) is 22.5. The molecule has 1 aromatic rings. The first-order valence-electron chi connectivity index (χ1n) is 6.85. The van der Waals surface area contributed by atoms with Gasteiger partial charge in [0.2, 0.25) is 5.91 Å². The largest absolute Gasteiger partial charge is 0.478 e. The number of hydrogen-bond acceptors (Lipinski definition) is 3. The molecule has 1 aromatic carbocycles. The van der Waals surface area contributed by atoms with Crippen LogP contribution in [0.3, 0.4) is 0 Å². The van der Waals surface area contributed by atoms with Crippen molar-refractivity contribution in [1.29, 1.82) is 0 Å². The van der Waals surface area contributed by atoms with Gasteiger partial charge in [0.25, 0.3) is 0 Å². The first-order valence-corrected chi connectivity index (χ1v) is 6.85. The fraction of sp³-hybridized carbons (Fsp3) is 0.467. The summed E-state index contributed by atoms with van der Waals surface area (Å²) in [5, 5.41) is 11.6. The number of rotatable bonds is 5. The lowest BCUT2D eigenvalue weighted by atomic mass is 10.1. The summed E-state index contributed by atoms with van der Waals surface area (Å²) in [5.41, 5.74) is 1.13. The minimum atomic E-state index is -0.949. The number of hydrogen-bond donors (Lipinski definition) is 2. The van der Waals surface area contributed by atoms with Crippen molar-refractivity contribution < 1.29 is 19.4 Å². The molecule has 1 fully saturated rings. The van der Waals surface area contributed by atoms with Gasteiger partial charge in [0.15, 0.2) is 0 Å². The highest BCUT2D eigenvalue weighted by molar-refractivity contribution is 5.87. The smallest absolute Gasteiger partial charge is 0.335 e. The Morgan fingerprint density at radius 2 is 2.00 bits per heavy atom. The summed E-state index contributed by atoms with van der Waals surface area (Å²) in [6, 6.07) is 6.49. The summed E-state index contributed by atoms with van der Waals surface area (Å²) < 4.78 is 5.52. The average molecular weight is 277 g/mol. The van der Waals surface area contributed by atoms with Crippen LogP contribution in [0, 0.1) is 0 Å². The standard InChI is InChI=1S/C15H19NO4/c17-14(9-13-3-1-2-8-20-13)16-10-11-4-6-12(7-5-11)15(18)19/h4-7,13H,1-3,8-10H2,(H,16,17)(H,18,19). The quantitative estimate of drug-likeness (QED) is 0.862. The predicted octanol–water partition coefficient (Wildman–Crippen LogP) is 1.96. The third-order valence-electron chi connectivity index (χ3n) is 3.38. The van der Waals surface area contributed by atoms with E-state index >= 15 is 0 Å². The van der Waals surface area contributed by atoms with Crippen molar-refractivity contribution in [2.45, 2.75) is 38.3 Å². The van der Waals surface area contributed by atoms with Crippen LogP contribution >= 0.6 is 0 Å². The molecule has 0 radical (unpaired) electrons. The number of amides is 1. The Hall–Kier alpha value is -1.88. The van der Waals surface area contributed by atoms with Crippen LogP contribution in [0.2, 0.25) is 0 Å². The van der Waals surface area contributed by atoms with Gasteiger partial charge in [-0.1, -0.05) is 12.1 Å². The number of aromatic carboxylic acids is 1. The zero-order valence-electron chi connectivity index (χ0n) is 11.3. The molecule has 108 valence electrons. The van der Waals surface area contributed by atoms with Crippen molar-refractivity contribution in [3.8, 4) is 0 Å². The van der Waals surface area contributed by atoms with E-state index in [2.05, 4.69) is 5.32 Å². The Balaban J connectivity index is 1.76. The summed E-state index contributed by atoms with van der Waals surface area (Å²) >= 11 is 0. The number of carboxylic acids is 1. The van der Waals surface area contributed by atoms with Crippen LogP contribution < -0.4 is 5.32 Å². The van der Waals surface area contributed by atoms with Gasteiger partial charge in [-0.05, 0) is 37.0 Å². The SMILES string of the molecule is O=C(CC1CCCCO1)NCc1ccc(C(=O)O)cc1. The molecular formula is C15H19NO4. The lowest BCUT2D eigenvalue weighted by Crippen LogP contribution is -2.30. The van der Waals surface area contributed by atoms with Crippen LogP contribution in [-0.4, -0.2) is 29.7 Å². The average Bonchev–Trinajstić information content (AvgIpc) is 2.46. The molecule has 0 bridgehead atoms. The molecule has 0 spiro atoms. The highest BCUT2D eigenvalue weighted by atomic mass is 16.5. The van der Waals surface area contributed by atoms with E-state index in [1.807, 2.05) is 0 Å². The van der Waals surface area contributed by atoms with E-state index in [0.29, 0.717) is 13.0 Å². The second-order valence-corrected chi connectivity index (χ2v) is 4.97. The van der Waals surface area contributed by atoms with E-state index in [1.165, 1.54) is 12.1 Å². The van der Waals surface area contributed by atoms with E-state index in [4.69, 9.17) is 9.84 Å². The molecule has 1 aliphatic rings. The van der Waals surface area contributed by atoms with Crippen LogP contribution in [0.15, 0.2) is 24.3 Å². The van der Waals surface area contributed by atoms with Gasteiger partial charge >= 0.3 is 5.97 Å². The van der Waals surface area contributed by atoms with Crippen LogP contribution in [0.1, 0.15) is 41.6 Å². The minimum absolute atomic E-state index is 0.0285. The van der Waals surface area contributed by atoms with E-state index < -0.39 is 5.97 Å². The van der Waals surface area contributed by atoms with Crippen molar-refractivity contribution in [3.63, 3.8) is 0 Å². The molecule has 0 saturated carbocycles. The molecule has 2 rings (SSSR count). The molecule has 5 nitrogen and oxygen atoms in total. The molecule has 1 unspecified atom stereocenters. The molecule has 1 saturated heterocycles. The van der Waals surface area contributed by atoms with Gasteiger partial charge in [-0.3, -0.25) is 4.79 Å². The maximum atomic E-state index is 11.8. The first-order chi connectivity index (χ1) is 9.65. The molecule has 1 heterocycles. The molecule has 2 N–H and O–H groups in total. The molecule has 1 aliphatic heterocycles. The molecular weight excluding hydrogens is 258 g/mol. The number of ether oxygens (including phenoxy) is 1. The molecule has 1 amide bonds. The van der Waals surface area contributed by atoms with Crippen LogP contribution in [0.25, 0.3) is 0 Å². The molecule has 0 aliphatic carbocycles. The van der Waals surface area contributed by atoms with Crippen molar-refractivity contribution in [2.24, 2.45) is 0 Å². The van der Waals surface area contributed by atoms with Gasteiger partial charge in [-0.2, -0.15) is 0 Å². The zero-order chi connectivity index (χ0) is 14.4. The minimum Gasteiger partial charge on any atom is -0.478 e. The van der Waals surface area contributed by atoms with Crippen molar-refractivity contribution in [3.05, 3.63) is 35.4 Å². The second-order valence-electron chi connectivity index (χ2n) is 4.97. The Kier molecular flexibility index (Phi) is 5.12. The van der Waals surface area contributed by atoms with Gasteiger partial charge in [0.1, 0.15) is 0 Å². The maximum absolute atomic E-state index is 11.8. The monoisotopic (exact) mass is 277 g/mol. The highest BCUT2D eigenvalue weighted by Gasteiger charge is 2.17. The number of nitrogens with one attached hydrogen (secondary N) is 1. The van der Waals surface area contributed by atoms with Gasteiger partial charge in [0, 0.05) is 13.2 Å². The van der Waals surface area contributed by atoms with Gasteiger partial charge < -0.3 is 15.2 Å². The summed E-state index contributed by atoms with van der Waals surface area (Å²) in [6.07, 6.45) is 3.58. The number of benzene rings is 1. The Morgan fingerprint density at radius 1 is 1.25 bits per heavy atom.